The van der Waals surface area contributed by atoms with E-state index in [0.717, 1.165) is 12.1 Å². The Balaban J connectivity index is 2.45. The Morgan fingerprint density at radius 1 is 1.47 bits per heavy atom. The first-order valence-corrected chi connectivity index (χ1v) is 4.58. The predicted octanol–water partition coefficient (Wildman–Crippen LogP) is 2.07. The molecule has 1 aliphatic heterocycles. The van der Waals surface area contributed by atoms with Gasteiger partial charge in [-0.1, -0.05) is 6.92 Å². The number of benzene rings is 1. The molecule has 1 N–H and O–H groups in total. The second kappa shape index (κ2) is 3.49. The predicted molar refractivity (Wildman–Crippen MR) is 49.7 cm³/mol. The van der Waals surface area contributed by atoms with E-state index >= 15 is 0 Å². The van der Waals surface area contributed by atoms with Crippen molar-refractivity contribution in [2.75, 3.05) is 5.32 Å². The second-order valence-corrected chi connectivity index (χ2v) is 3.27. The number of fused-ring (bicyclic) bond motifs is 1. The number of carbonyl (C=O) groups is 1. The van der Waals surface area contributed by atoms with Crippen molar-refractivity contribution in [2.45, 2.75) is 19.4 Å². The average Bonchev–Trinajstić information content (AvgIpc) is 2.16. The Hall–Kier alpha value is -1.65. The standard InChI is InChI=1S/C10H9F2NO2/c1-2-8-10(14)13-7-4-5(11)3-6(12)9(7)15-8/h3-4,8H,2H2,1H3,(H,13,14). The molecule has 1 amide bonds. The van der Waals surface area contributed by atoms with Gasteiger partial charge < -0.3 is 10.1 Å². The molecule has 0 fully saturated rings. The van der Waals surface area contributed by atoms with Gasteiger partial charge in [-0.2, -0.15) is 0 Å². The third-order valence-corrected chi connectivity index (χ3v) is 2.19. The third kappa shape index (κ3) is 1.65. The lowest BCUT2D eigenvalue weighted by Gasteiger charge is -2.25. The van der Waals surface area contributed by atoms with E-state index < -0.39 is 17.7 Å². The highest BCUT2D eigenvalue weighted by atomic mass is 19.1. The molecule has 5 heteroatoms. The zero-order chi connectivity index (χ0) is 11.0. The highest BCUT2D eigenvalue weighted by Gasteiger charge is 2.28. The van der Waals surface area contributed by atoms with Gasteiger partial charge in [0.15, 0.2) is 17.7 Å². The molecule has 2 rings (SSSR count). The molecule has 0 aromatic heterocycles. The van der Waals surface area contributed by atoms with E-state index in [9.17, 15) is 13.6 Å². The second-order valence-electron chi connectivity index (χ2n) is 3.27. The molecule has 1 aromatic rings. The van der Waals surface area contributed by atoms with Crippen LogP contribution in [-0.2, 0) is 4.79 Å². The largest absolute Gasteiger partial charge is 0.475 e. The van der Waals surface area contributed by atoms with Crippen LogP contribution < -0.4 is 10.1 Å². The van der Waals surface area contributed by atoms with Crippen molar-refractivity contribution in [1.82, 2.24) is 0 Å². The Bertz CT molecular complexity index is 420. The molecule has 0 saturated carbocycles. The number of rotatable bonds is 1. The van der Waals surface area contributed by atoms with Crippen LogP contribution in [0, 0.1) is 11.6 Å². The molecule has 1 unspecified atom stereocenters. The zero-order valence-corrected chi connectivity index (χ0v) is 8.01. The quantitative estimate of drug-likeness (QED) is 0.775. The van der Waals surface area contributed by atoms with Gasteiger partial charge in [0.25, 0.3) is 5.91 Å². The third-order valence-electron chi connectivity index (χ3n) is 2.19. The maximum Gasteiger partial charge on any atom is 0.265 e. The van der Waals surface area contributed by atoms with E-state index in [1.165, 1.54) is 0 Å². The number of hydrogen-bond acceptors (Lipinski definition) is 2. The van der Waals surface area contributed by atoms with Crippen molar-refractivity contribution in [1.29, 1.82) is 0 Å². The lowest BCUT2D eigenvalue weighted by atomic mass is 10.2. The normalized spacial score (nSPS) is 19.1. The van der Waals surface area contributed by atoms with Gasteiger partial charge in [0, 0.05) is 12.1 Å². The first-order valence-electron chi connectivity index (χ1n) is 4.58. The summed E-state index contributed by atoms with van der Waals surface area (Å²) in [6.07, 6.45) is -0.278. The van der Waals surface area contributed by atoms with Crippen LogP contribution >= 0.6 is 0 Å². The summed E-state index contributed by atoms with van der Waals surface area (Å²) in [5, 5.41) is 2.40. The van der Waals surface area contributed by atoms with Crippen molar-refractivity contribution in [3.8, 4) is 5.75 Å². The lowest BCUT2D eigenvalue weighted by Crippen LogP contribution is -2.36. The number of amides is 1. The summed E-state index contributed by atoms with van der Waals surface area (Å²) in [7, 11) is 0. The van der Waals surface area contributed by atoms with Gasteiger partial charge in [-0.15, -0.1) is 0 Å². The molecule has 3 nitrogen and oxygen atoms in total. The van der Waals surface area contributed by atoms with Crippen LogP contribution in [0.4, 0.5) is 14.5 Å². The molecule has 0 aliphatic carbocycles. The molecule has 1 atom stereocenters. The summed E-state index contributed by atoms with van der Waals surface area (Å²) >= 11 is 0. The number of nitrogens with one attached hydrogen (secondary N) is 1. The van der Waals surface area contributed by atoms with Gasteiger partial charge in [0.1, 0.15) is 5.82 Å². The van der Waals surface area contributed by atoms with Gasteiger partial charge in [-0.25, -0.2) is 8.78 Å². The van der Waals surface area contributed by atoms with Crippen molar-refractivity contribution in [3.63, 3.8) is 0 Å². The maximum absolute atomic E-state index is 13.3. The highest BCUT2D eigenvalue weighted by molar-refractivity contribution is 5.97. The van der Waals surface area contributed by atoms with E-state index in [1.807, 2.05) is 0 Å². The first-order chi connectivity index (χ1) is 7.11. The molecule has 0 spiro atoms. The number of ether oxygens (including phenoxy) is 1. The van der Waals surface area contributed by atoms with E-state index in [0.29, 0.717) is 6.42 Å². The smallest absolute Gasteiger partial charge is 0.265 e. The molecular weight excluding hydrogens is 204 g/mol. The molecule has 15 heavy (non-hydrogen) atoms. The van der Waals surface area contributed by atoms with E-state index in [4.69, 9.17) is 4.74 Å². The van der Waals surface area contributed by atoms with Gasteiger partial charge in [0.2, 0.25) is 0 Å². The lowest BCUT2D eigenvalue weighted by molar-refractivity contribution is -0.123. The SMILES string of the molecule is CCC1Oc2c(F)cc(F)cc2NC1=O. The minimum absolute atomic E-state index is 0.0437. The summed E-state index contributed by atoms with van der Waals surface area (Å²) in [6, 6.07) is 1.76. The summed E-state index contributed by atoms with van der Waals surface area (Å²) in [5.41, 5.74) is 0.0437. The molecule has 0 saturated heterocycles. The number of halogens is 2. The van der Waals surface area contributed by atoms with Crippen molar-refractivity contribution >= 4 is 11.6 Å². The average molecular weight is 213 g/mol. The monoisotopic (exact) mass is 213 g/mol. The number of anilines is 1. The fourth-order valence-corrected chi connectivity index (χ4v) is 1.45. The van der Waals surface area contributed by atoms with Crippen LogP contribution in [-0.4, -0.2) is 12.0 Å². The maximum atomic E-state index is 13.3. The summed E-state index contributed by atoms with van der Waals surface area (Å²) < 4.78 is 31.2. The molecule has 1 aromatic carbocycles. The van der Waals surface area contributed by atoms with E-state index in [1.54, 1.807) is 6.92 Å². The van der Waals surface area contributed by atoms with Gasteiger partial charge >= 0.3 is 0 Å². The van der Waals surface area contributed by atoms with Crippen molar-refractivity contribution in [2.24, 2.45) is 0 Å². The molecule has 1 aliphatic rings. The van der Waals surface area contributed by atoms with Crippen LogP contribution in [0.15, 0.2) is 12.1 Å². The molecule has 0 radical (unpaired) electrons. The molecule has 0 bridgehead atoms. The summed E-state index contributed by atoms with van der Waals surface area (Å²) in [5.74, 6) is -2.02. The van der Waals surface area contributed by atoms with Crippen molar-refractivity contribution < 1.29 is 18.3 Å². The highest BCUT2D eigenvalue weighted by Crippen LogP contribution is 2.33. The van der Waals surface area contributed by atoms with Crippen LogP contribution in [0.2, 0.25) is 0 Å². The van der Waals surface area contributed by atoms with Crippen molar-refractivity contribution in [3.05, 3.63) is 23.8 Å². The fourth-order valence-electron chi connectivity index (χ4n) is 1.45. The van der Waals surface area contributed by atoms with Crippen LogP contribution in [0.25, 0.3) is 0 Å². The van der Waals surface area contributed by atoms with E-state index in [-0.39, 0.29) is 17.3 Å². The summed E-state index contributed by atoms with van der Waals surface area (Å²) in [6.45, 7) is 1.75. The molecular formula is C10H9F2NO2. The Kier molecular flexibility index (Phi) is 2.30. The first kappa shape index (κ1) is 9.89. The Morgan fingerprint density at radius 3 is 2.87 bits per heavy atom. The van der Waals surface area contributed by atoms with Crippen LogP contribution in [0.1, 0.15) is 13.3 Å². The van der Waals surface area contributed by atoms with Gasteiger partial charge in [0.05, 0.1) is 5.69 Å². The fraction of sp³-hybridized carbons (Fsp3) is 0.300. The van der Waals surface area contributed by atoms with E-state index in [2.05, 4.69) is 5.32 Å². The summed E-state index contributed by atoms with van der Waals surface area (Å²) in [4.78, 5) is 11.3. The number of carbonyl (C=O) groups excluding carboxylic acids is 1. The Labute approximate surface area is 85.0 Å². The van der Waals surface area contributed by atoms with Gasteiger partial charge in [-0.05, 0) is 6.42 Å². The molecule has 1 heterocycles. The van der Waals surface area contributed by atoms with Crippen LogP contribution in [0.5, 0.6) is 5.75 Å². The number of hydrogen-bond donors (Lipinski definition) is 1. The van der Waals surface area contributed by atoms with Crippen LogP contribution in [0.3, 0.4) is 0 Å². The topological polar surface area (TPSA) is 38.3 Å². The Morgan fingerprint density at radius 2 is 2.20 bits per heavy atom. The zero-order valence-electron chi connectivity index (χ0n) is 8.01. The minimum Gasteiger partial charge on any atom is -0.475 e. The van der Waals surface area contributed by atoms with Gasteiger partial charge in [-0.3, -0.25) is 4.79 Å². The molecule has 80 valence electrons. The minimum atomic E-state index is -0.802.